The highest BCUT2D eigenvalue weighted by molar-refractivity contribution is 5.84. The van der Waals surface area contributed by atoms with Gasteiger partial charge in [0.25, 0.3) is 5.56 Å². The van der Waals surface area contributed by atoms with E-state index in [1.165, 1.54) is 10.9 Å². The van der Waals surface area contributed by atoms with Gasteiger partial charge in [0.2, 0.25) is 0 Å². The summed E-state index contributed by atoms with van der Waals surface area (Å²) in [6.07, 6.45) is 1.33. The molecule has 0 unspecified atom stereocenters. The maximum absolute atomic E-state index is 12.8. The largest absolute Gasteiger partial charge is 0.459 e. The number of carbonyl (C=O) groups is 1. The fourth-order valence-electron chi connectivity index (χ4n) is 2.82. The van der Waals surface area contributed by atoms with E-state index in [0.29, 0.717) is 33.5 Å². The van der Waals surface area contributed by atoms with Crippen LogP contribution in [0.25, 0.3) is 10.9 Å². The number of fused-ring (bicyclic) bond motifs is 1. The number of aromatic nitrogens is 2. The molecule has 0 bridgehead atoms. The van der Waals surface area contributed by atoms with E-state index in [2.05, 4.69) is 16.4 Å². The molecule has 0 aliphatic carbocycles. The van der Waals surface area contributed by atoms with E-state index in [4.69, 9.17) is 10.5 Å². The lowest BCUT2D eigenvalue weighted by Crippen LogP contribution is -2.30. The molecule has 1 heterocycles. The molecule has 0 fully saturated rings. The molecule has 0 amide bonds. The smallest absolute Gasteiger partial charge is 0.326 e. The molecule has 3 N–H and O–H groups in total. The lowest BCUT2D eigenvalue weighted by molar-refractivity contribution is -0.155. The number of esters is 1. The number of nitrogens with one attached hydrogen (secondary N) is 1. The number of rotatable bonds is 4. The van der Waals surface area contributed by atoms with Crippen LogP contribution in [-0.4, -0.2) is 21.1 Å². The van der Waals surface area contributed by atoms with Gasteiger partial charge in [-0.3, -0.25) is 14.2 Å². The second kappa shape index (κ2) is 7.64. The van der Waals surface area contributed by atoms with Gasteiger partial charge in [-0.1, -0.05) is 6.07 Å². The Morgan fingerprint density at radius 1 is 1.31 bits per heavy atom. The Hall–Kier alpha value is -3.86. The summed E-state index contributed by atoms with van der Waals surface area (Å²) in [6, 6.07) is 12.2. The maximum Gasteiger partial charge on any atom is 0.326 e. The quantitative estimate of drug-likeness (QED) is 0.518. The first-order valence-corrected chi connectivity index (χ1v) is 8.94. The zero-order chi connectivity index (χ0) is 21.2. The number of anilines is 3. The first-order chi connectivity index (χ1) is 13.7. The molecular weight excluding hydrogens is 370 g/mol. The van der Waals surface area contributed by atoms with Crippen molar-refractivity contribution in [2.45, 2.75) is 32.9 Å². The average molecular weight is 391 g/mol. The third kappa shape index (κ3) is 4.52. The van der Waals surface area contributed by atoms with Crippen LogP contribution in [0.2, 0.25) is 0 Å². The Morgan fingerprint density at radius 2 is 2.07 bits per heavy atom. The molecule has 3 aromatic rings. The number of benzene rings is 2. The summed E-state index contributed by atoms with van der Waals surface area (Å²) in [6.45, 7) is 5.05. The molecule has 0 saturated carbocycles. The molecule has 3 rings (SSSR count). The number of carbonyl (C=O) groups excluding carboxylic acids is 1. The van der Waals surface area contributed by atoms with Crippen molar-refractivity contribution in [3.05, 3.63) is 58.6 Å². The first kappa shape index (κ1) is 19.9. The molecule has 1 aromatic heterocycles. The van der Waals surface area contributed by atoms with Gasteiger partial charge < -0.3 is 15.8 Å². The van der Waals surface area contributed by atoms with E-state index >= 15 is 0 Å². The Kier molecular flexibility index (Phi) is 5.24. The van der Waals surface area contributed by atoms with Crippen molar-refractivity contribution < 1.29 is 9.53 Å². The van der Waals surface area contributed by atoms with Crippen LogP contribution in [-0.2, 0) is 16.1 Å². The molecule has 0 aliphatic heterocycles. The predicted octanol–water partition coefficient (Wildman–Crippen LogP) is 2.94. The molecule has 0 saturated heterocycles. The van der Waals surface area contributed by atoms with Gasteiger partial charge in [-0.2, -0.15) is 5.26 Å². The Bertz CT molecular complexity index is 1190. The van der Waals surface area contributed by atoms with E-state index < -0.39 is 11.6 Å². The molecule has 2 aromatic carbocycles. The molecule has 0 radical (unpaired) electrons. The van der Waals surface area contributed by atoms with Crippen LogP contribution in [0.15, 0.2) is 47.5 Å². The number of nitrogen functional groups attached to an aromatic ring is 1. The summed E-state index contributed by atoms with van der Waals surface area (Å²) in [4.78, 5) is 29.1. The maximum atomic E-state index is 12.8. The van der Waals surface area contributed by atoms with E-state index in [9.17, 15) is 14.9 Å². The zero-order valence-electron chi connectivity index (χ0n) is 16.4. The summed E-state index contributed by atoms with van der Waals surface area (Å²) in [7, 11) is 0. The van der Waals surface area contributed by atoms with Gasteiger partial charge in [0.1, 0.15) is 18.2 Å². The molecule has 8 heteroatoms. The SMILES string of the molecule is CC(C)(C)OC(=O)Cn1cnc2ccc(Nc3cccc(N)c3C#N)cc2c1=O. The minimum Gasteiger partial charge on any atom is -0.459 e. The monoisotopic (exact) mass is 391 g/mol. The number of nitrogens with two attached hydrogens (primary N) is 1. The van der Waals surface area contributed by atoms with E-state index in [1.54, 1.807) is 57.2 Å². The number of nitriles is 1. The predicted molar refractivity (Wildman–Crippen MR) is 111 cm³/mol. The molecule has 148 valence electrons. The minimum atomic E-state index is -0.641. The summed E-state index contributed by atoms with van der Waals surface area (Å²) in [5.74, 6) is -0.520. The second-order valence-corrected chi connectivity index (χ2v) is 7.50. The van der Waals surface area contributed by atoms with Gasteiger partial charge in [-0.15, -0.1) is 0 Å². The summed E-state index contributed by atoms with van der Waals surface area (Å²) < 4.78 is 6.48. The van der Waals surface area contributed by atoms with Crippen molar-refractivity contribution in [3.63, 3.8) is 0 Å². The summed E-state index contributed by atoms with van der Waals surface area (Å²) in [5, 5.41) is 12.8. The van der Waals surface area contributed by atoms with Gasteiger partial charge >= 0.3 is 5.97 Å². The van der Waals surface area contributed by atoms with Crippen molar-refractivity contribution >= 4 is 33.9 Å². The lowest BCUT2D eigenvalue weighted by Gasteiger charge is -2.19. The first-order valence-electron chi connectivity index (χ1n) is 8.94. The van der Waals surface area contributed by atoms with Crippen LogP contribution >= 0.6 is 0 Å². The molecule has 8 nitrogen and oxygen atoms in total. The topological polar surface area (TPSA) is 123 Å². The molecule has 29 heavy (non-hydrogen) atoms. The molecule has 0 spiro atoms. The van der Waals surface area contributed by atoms with Crippen molar-refractivity contribution in [2.75, 3.05) is 11.1 Å². The number of nitrogens with zero attached hydrogens (tertiary/aromatic N) is 3. The lowest BCUT2D eigenvalue weighted by atomic mass is 10.1. The van der Waals surface area contributed by atoms with Crippen LogP contribution in [0.3, 0.4) is 0 Å². The standard InChI is InChI=1S/C21H21N5O3/c1-21(2,3)29-19(27)11-26-12-24-17-8-7-13(9-14(17)20(26)28)25-18-6-4-5-16(23)15(18)10-22/h4-9,12,25H,11,23H2,1-3H3. The van der Waals surface area contributed by atoms with Gasteiger partial charge in [0.05, 0.1) is 34.2 Å². The number of ether oxygens (including phenoxy) is 1. The van der Waals surface area contributed by atoms with Crippen molar-refractivity contribution in [1.82, 2.24) is 9.55 Å². The van der Waals surface area contributed by atoms with Crippen LogP contribution in [0.5, 0.6) is 0 Å². The average Bonchev–Trinajstić information content (AvgIpc) is 2.63. The van der Waals surface area contributed by atoms with Gasteiger partial charge in [0, 0.05) is 5.69 Å². The van der Waals surface area contributed by atoms with Crippen molar-refractivity contribution in [1.29, 1.82) is 5.26 Å². The fraction of sp³-hybridized carbons (Fsp3) is 0.238. The van der Waals surface area contributed by atoms with Gasteiger partial charge in [-0.05, 0) is 51.1 Å². The number of hydrogen-bond donors (Lipinski definition) is 2. The van der Waals surface area contributed by atoms with E-state index in [-0.39, 0.29) is 12.1 Å². The van der Waals surface area contributed by atoms with Gasteiger partial charge in [-0.25, -0.2) is 4.98 Å². The van der Waals surface area contributed by atoms with Crippen LogP contribution in [0.4, 0.5) is 17.1 Å². The van der Waals surface area contributed by atoms with Crippen molar-refractivity contribution in [2.24, 2.45) is 0 Å². The zero-order valence-corrected chi connectivity index (χ0v) is 16.4. The minimum absolute atomic E-state index is 0.232. The Labute approximate surface area is 167 Å². The van der Waals surface area contributed by atoms with Crippen LogP contribution in [0, 0.1) is 11.3 Å². The van der Waals surface area contributed by atoms with E-state index in [1.807, 2.05) is 0 Å². The van der Waals surface area contributed by atoms with E-state index in [0.717, 1.165) is 0 Å². The van der Waals surface area contributed by atoms with Crippen molar-refractivity contribution in [3.8, 4) is 6.07 Å². The Morgan fingerprint density at radius 3 is 2.76 bits per heavy atom. The summed E-state index contributed by atoms with van der Waals surface area (Å²) >= 11 is 0. The molecule has 0 aliphatic rings. The molecule has 0 atom stereocenters. The van der Waals surface area contributed by atoms with Gasteiger partial charge in [0.15, 0.2) is 0 Å². The molecular formula is C21H21N5O3. The fourth-order valence-corrected chi connectivity index (χ4v) is 2.82. The highest BCUT2D eigenvalue weighted by Crippen LogP contribution is 2.25. The third-order valence-corrected chi connectivity index (χ3v) is 4.03. The number of hydrogen-bond acceptors (Lipinski definition) is 7. The summed E-state index contributed by atoms with van der Waals surface area (Å²) in [5.41, 5.74) is 7.14. The normalized spacial score (nSPS) is 11.1. The highest BCUT2D eigenvalue weighted by Gasteiger charge is 2.17. The third-order valence-electron chi connectivity index (χ3n) is 4.03. The Balaban J connectivity index is 1.94. The van der Waals surface area contributed by atoms with Crippen LogP contribution < -0.4 is 16.6 Å². The highest BCUT2D eigenvalue weighted by atomic mass is 16.6. The van der Waals surface area contributed by atoms with Crippen LogP contribution in [0.1, 0.15) is 26.3 Å². The second-order valence-electron chi connectivity index (χ2n) is 7.50.